The average Bonchev–Trinajstić information content (AvgIpc) is 3.22. The summed E-state index contributed by atoms with van der Waals surface area (Å²) < 4.78 is 16.2. The van der Waals surface area contributed by atoms with Crippen LogP contribution in [0.1, 0.15) is 34.9 Å². The number of aromatic nitrogens is 3. The lowest BCUT2D eigenvalue weighted by Gasteiger charge is -2.13. The van der Waals surface area contributed by atoms with Gasteiger partial charge in [-0.2, -0.15) is 4.98 Å². The fraction of sp³-hybridized carbons (Fsp3) is 0.389. The smallest absolute Gasteiger partial charge is 0.241 e. The van der Waals surface area contributed by atoms with E-state index in [0.717, 1.165) is 46.7 Å². The van der Waals surface area contributed by atoms with Gasteiger partial charge in [0.05, 0.1) is 12.3 Å². The molecule has 0 aliphatic carbocycles. The van der Waals surface area contributed by atoms with Gasteiger partial charge in [-0.1, -0.05) is 10.3 Å². The summed E-state index contributed by atoms with van der Waals surface area (Å²) in [5, 5.41) is 7.84. The zero-order valence-corrected chi connectivity index (χ0v) is 15.3. The van der Waals surface area contributed by atoms with Crippen molar-refractivity contribution in [1.29, 1.82) is 0 Å². The molecular weight excluding hydrogens is 342 g/mol. The van der Waals surface area contributed by atoms with Gasteiger partial charge < -0.3 is 13.8 Å². The van der Waals surface area contributed by atoms with Crippen LogP contribution in [0.2, 0.25) is 0 Å². The number of ether oxygens (including phenoxy) is 1. The zero-order chi connectivity index (χ0) is 17.8. The lowest BCUT2D eigenvalue weighted by Crippen LogP contribution is -2.02. The summed E-state index contributed by atoms with van der Waals surface area (Å²) in [6.45, 7) is 6.54. The minimum Gasteiger partial charge on any atom is -0.493 e. The Bertz CT molecular complexity index is 834. The molecule has 25 heavy (non-hydrogen) atoms. The standard InChI is InChI=1S/C18H20ClN3O3/c1-11-7-14(18-20-16(10-19)25-22-18)8-12(2)17(11)23-6-4-5-15-9-13(3)21-24-15/h7-9H,4-6,10H2,1-3H3. The Morgan fingerprint density at radius 3 is 2.40 bits per heavy atom. The molecule has 132 valence electrons. The number of nitrogens with zero attached hydrogens (tertiary/aromatic N) is 3. The number of aryl methyl sites for hydroxylation is 4. The van der Waals surface area contributed by atoms with Crippen LogP contribution in [0, 0.1) is 20.8 Å². The maximum atomic E-state index is 5.97. The molecule has 0 bridgehead atoms. The summed E-state index contributed by atoms with van der Waals surface area (Å²) in [6, 6.07) is 5.93. The summed E-state index contributed by atoms with van der Waals surface area (Å²) in [5.41, 5.74) is 3.85. The highest BCUT2D eigenvalue weighted by Crippen LogP contribution is 2.29. The molecule has 6 nitrogen and oxygen atoms in total. The van der Waals surface area contributed by atoms with Gasteiger partial charge >= 0.3 is 0 Å². The molecule has 3 aromatic rings. The molecule has 2 aromatic heterocycles. The largest absolute Gasteiger partial charge is 0.493 e. The quantitative estimate of drug-likeness (QED) is 0.458. The molecule has 0 aliphatic rings. The van der Waals surface area contributed by atoms with E-state index in [4.69, 9.17) is 25.4 Å². The van der Waals surface area contributed by atoms with Crippen LogP contribution in [0.3, 0.4) is 0 Å². The van der Waals surface area contributed by atoms with Gasteiger partial charge in [-0.3, -0.25) is 0 Å². The minimum atomic E-state index is 0.205. The average molecular weight is 362 g/mol. The predicted octanol–water partition coefficient (Wildman–Crippen LogP) is 4.40. The predicted molar refractivity (Wildman–Crippen MR) is 93.8 cm³/mol. The lowest BCUT2D eigenvalue weighted by molar-refractivity contribution is 0.296. The van der Waals surface area contributed by atoms with Crippen LogP contribution in [0.15, 0.2) is 27.2 Å². The van der Waals surface area contributed by atoms with Crippen LogP contribution in [-0.2, 0) is 12.3 Å². The van der Waals surface area contributed by atoms with Crippen molar-refractivity contribution in [3.05, 3.63) is 46.7 Å². The van der Waals surface area contributed by atoms with Gasteiger partial charge in [0.1, 0.15) is 17.4 Å². The van der Waals surface area contributed by atoms with Crippen molar-refractivity contribution in [2.24, 2.45) is 0 Å². The molecule has 3 rings (SSSR count). The zero-order valence-electron chi connectivity index (χ0n) is 14.5. The first-order chi connectivity index (χ1) is 12.1. The summed E-state index contributed by atoms with van der Waals surface area (Å²) in [5.74, 6) is 2.93. The van der Waals surface area contributed by atoms with Gasteiger partial charge in [0.2, 0.25) is 11.7 Å². The molecule has 7 heteroatoms. The first kappa shape index (κ1) is 17.5. The third-order valence-corrected chi connectivity index (χ3v) is 4.02. The summed E-state index contributed by atoms with van der Waals surface area (Å²) in [7, 11) is 0. The molecule has 0 N–H and O–H groups in total. The van der Waals surface area contributed by atoms with Gasteiger partial charge in [0, 0.05) is 18.1 Å². The first-order valence-corrected chi connectivity index (χ1v) is 8.65. The number of hydrogen-bond acceptors (Lipinski definition) is 6. The minimum absolute atomic E-state index is 0.205. The molecule has 0 atom stereocenters. The summed E-state index contributed by atoms with van der Waals surface area (Å²) in [6.07, 6.45) is 1.67. The Labute approximate surface area is 151 Å². The SMILES string of the molecule is Cc1cc(CCCOc2c(C)cc(-c3noc(CCl)n3)cc2C)on1. The molecule has 0 saturated carbocycles. The fourth-order valence-corrected chi connectivity index (χ4v) is 2.80. The van der Waals surface area contributed by atoms with E-state index in [2.05, 4.69) is 15.3 Å². The van der Waals surface area contributed by atoms with E-state index in [9.17, 15) is 0 Å². The number of benzene rings is 1. The molecule has 0 spiro atoms. The van der Waals surface area contributed by atoms with Gasteiger partial charge in [0.15, 0.2) is 0 Å². The second kappa shape index (κ2) is 7.70. The number of rotatable bonds is 7. The molecular formula is C18H20ClN3O3. The van der Waals surface area contributed by atoms with Crippen LogP contribution in [0.4, 0.5) is 0 Å². The van der Waals surface area contributed by atoms with Crippen molar-refractivity contribution in [2.75, 3.05) is 6.61 Å². The maximum absolute atomic E-state index is 5.97. The molecule has 2 heterocycles. The molecule has 0 unspecified atom stereocenters. The highest BCUT2D eigenvalue weighted by molar-refractivity contribution is 6.16. The number of alkyl halides is 1. The van der Waals surface area contributed by atoms with Gasteiger partial charge in [-0.05, 0) is 50.5 Å². The third kappa shape index (κ3) is 4.20. The van der Waals surface area contributed by atoms with E-state index in [-0.39, 0.29) is 5.88 Å². The van der Waals surface area contributed by atoms with Crippen LogP contribution in [0.25, 0.3) is 11.4 Å². The van der Waals surface area contributed by atoms with E-state index >= 15 is 0 Å². The monoisotopic (exact) mass is 361 g/mol. The normalized spacial score (nSPS) is 11.0. The molecule has 0 aliphatic heterocycles. The Morgan fingerprint density at radius 2 is 1.80 bits per heavy atom. The second-order valence-corrected chi connectivity index (χ2v) is 6.24. The second-order valence-electron chi connectivity index (χ2n) is 5.97. The van der Waals surface area contributed by atoms with Crippen molar-refractivity contribution in [3.63, 3.8) is 0 Å². The van der Waals surface area contributed by atoms with Crippen LogP contribution in [0.5, 0.6) is 5.75 Å². The topological polar surface area (TPSA) is 74.2 Å². The lowest BCUT2D eigenvalue weighted by atomic mass is 10.1. The fourth-order valence-electron chi connectivity index (χ4n) is 2.69. The van der Waals surface area contributed by atoms with E-state index in [1.807, 2.05) is 39.0 Å². The highest BCUT2D eigenvalue weighted by Gasteiger charge is 2.12. The van der Waals surface area contributed by atoms with Crippen molar-refractivity contribution >= 4 is 11.6 Å². The van der Waals surface area contributed by atoms with Crippen LogP contribution >= 0.6 is 11.6 Å². The molecule has 0 saturated heterocycles. The molecule has 1 aromatic carbocycles. The Kier molecular flexibility index (Phi) is 5.38. The van der Waals surface area contributed by atoms with Gasteiger partial charge in [-0.15, -0.1) is 11.6 Å². The molecule has 0 radical (unpaired) electrons. The maximum Gasteiger partial charge on any atom is 0.241 e. The summed E-state index contributed by atoms with van der Waals surface area (Å²) >= 11 is 5.71. The van der Waals surface area contributed by atoms with E-state index in [1.165, 1.54) is 0 Å². The number of hydrogen-bond donors (Lipinski definition) is 0. The first-order valence-electron chi connectivity index (χ1n) is 8.12. The van der Waals surface area contributed by atoms with Gasteiger partial charge in [-0.25, -0.2) is 0 Å². The Morgan fingerprint density at radius 1 is 1.04 bits per heavy atom. The van der Waals surface area contributed by atoms with Crippen molar-refractivity contribution in [3.8, 4) is 17.1 Å². The van der Waals surface area contributed by atoms with E-state index in [0.29, 0.717) is 18.3 Å². The Balaban J connectivity index is 1.63. The molecule has 0 fully saturated rings. The van der Waals surface area contributed by atoms with Crippen molar-refractivity contribution < 1.29 is 13.8 Å². The van der Waals surface area contributed by atoms with E-state index < -0.39 is 0 Å². The number of halogens is 1. The van der Waals surface area contributed by atoms with Crippen molar-refractivity contribution in [1.82, 2.24) is 15.3 Å². The summed E-state index contributed by atoms with van der Waals surface area (Å²) in [4.78, 5) is 4.25. The Hall–Kier alpha value is -2.34. The van der Waals surface area contributed by atoms with Crippen molar-refractivity contribution in [2.45, 2.75) is 39.5 Å². The van der Waals surface area contributed by atoms with E-state index in [1.54, 1.807) is 0 Å². The van der Waals surface area contributed by atoms with Crippen LogP contribution < -0.4 is 4.74 Å². The molecule has 0 amide bonds. The highest BCUT2D eigenvalue weighted by atomic mass is 35.5. The van der Waals surface area contributed by atoms with Crippen LogP contribution in [-0.4, -0.2) is 21.9 Å². The van der Waals surface area contributed by atoms with Gasteiger partial charge in [0.25, 0.3) is 0 Å². The third-order valence-electron chi connectivity index (χ3n) is 3.79.